The molecule has 28 heavy (non-hydrogen) atoms. The summed E-state index contributed by atoms with van der Waals surface area (Å²) in [5, 5.41) is 7.17. The minimum atomic E-state index is -0.557. The predicted octanol–water partition coefficient (Wildman–Crippen LogP) is 2.70. The van der Waals surface area contributed by atoms with Crippen molar-refractivity contribution < 1.29 is 14.3 Å². The molecule has 2 aliphatic rings. The van der Waals surface area contributed by atoms with Gasteiger partial charge in [-0.15, -0.1) is 0 Å². The molecule has 150 valence electrons. The van der Waals surface area contributed by atoms with Gasteiger partial charge in [0.1, 0.15) is 0 Å². The number of esters is 1. The zero-order chi connectivity index (χ0) is 19.9. The molecular weight excluding hydrogens is 376 g/mol. The van der Waals surface area contributed by atoms with Gasteiger partial charge in [-0.05, 0) is 56.8 Å². The summed E-state index contributed by atoms with van der Waals surface area (Å²) < 4.78 is 4.78. The Labute approximate surface area is 170 Å². The second-order valence-corrected chi connectivity index (χ2v) is 7.29. The summed E-state index contributed by atoms with van der Waals surface area (Å²) in [5.41, 5.74) is 1.91. The molecular formula is C20H26N4O3S. The highest BCUT2D eigenvalue weighted by molar-refractivity contribution is 7.80. The van der Waals surface area contributed by atoms with Gasteiger partial charge in [-0.1, -0.05) is 11.6 Å². The van der Waals surface area contributed by atoms with Crippen molar-refractivity contribution in [1.29, 1.82) is 0 Å². The molecule has 1 N–H and O–H groups in total. The molecule has 8 heteroatoms. The Morgan fingerprint density at radius 1 is 1.21 bits per heavy atom. The van der Waals surface area contributed by atoms with E-state index in [-0.39, 0.29) is 17.0 Å². The van der Waals surface area contributed by atoms with E-state index >= 15 is 0 Å². The molecule has 0 bridgehead atoms. The van der Waals surface area contributed by atoms with E-state index in [0.717, 1.165) is 19.4 Å². The Kier molecular flexibility index (Phi) is 6.97. The third-order valence-electron chi connectivity index (χ3n) is 5.06. The van der Waals surface area contributed by atoms with E-state index < -0.39 is 5.97 Å². The number of rotatable bonds is 5. The average molecular weight is 403 g/mol. The van der Waals surface area contributed by atoms with Crippen LogP contribution in [0.25, 0.3) is 0 Å². The number of hydrazine groups is 1. The summed E-state index contributed by atoms with van der Waals surface area (Å²) >= 11 is 5.53. The molecule has 0 spiro atoms. The molecule has 1 amide bonds. The summed E-state index contributed by atoms with van der Waals surface area (Å²) in [4.78, 5) is 29.0. The van der Waals surface area contributed by atoms with Crippen LogP contribution in [-0.4, -0.2) is 58.7 Å². The predicted molar refractivity (Wildman–Crippen MR) is 110 cm³/mol. The second kappa shape index (κ2) is 9.64. The smallest absolute Gasteiger partial charge is 0.338 e. The summed E-state index contributed by atoms with van der Waals surface area (Å²) in [7, 11) is 1.29. The number of allylic oxidation sites excluding steroid dienone is 1. The Balaban J connectivity index is 1.64. The fraction of sp³-hybridized carbons (Fsp3) is 0.500. The first-order valence-electron chi connectivity index (χ1n) is 9.69. The van der Waals surface area contributed by atoms with Gasteiger partial charge in [0, 0.05) is 32.0 Å². The Morgan fingerprint density at radius 2 is 2.04 bits per heavy atom. The minimum Gasteiger partial charge on any atom is -0.465 e. The van der Waals surface area contributed by atoms with Crippen LogP contribution in [0.3, 0.4) is 0 Å². The minimum absolute atomic E-state index is 0.206. The van der Waals surface area contributed by atoms with Crippen molar-refractivity contribution in [3.8, 4) is 0 Å². The molecule has 1 aliphatic carbocycles. The maximum Gasteiger partial charge on any atom is 0.338 e. The van der Waals surface area contributed by atoms with Gasteiger partial charge in [0.15, 0.2) is 5.11 Å². The lowest BCUT2D eigenvalue weighted by atomic mass is 9.97. The van der Waals surface area contributed by atoms with Crippen LogP contribution in [0.4, 0.5) is 0 Å². The fourth-order valence-electron chi connectivity index (χ4n) is 3.58. The first kappa shape index (κ1) is 20.3. The van der Waals surface area contributed by atoms with Crippen molar-refractivity contribution in [2.24, 2.45) is 0 Å². The molecule has 7 nitrogen and oxygen atoms in total. The quantitative estimate of drug-likeness (QED) is 0.461. The van der Waals surface area contributed by atoms with Crippen LogP contribution in [0.5, 0.6) is 0 Å². The van der Waals surface area contributed by atoms with Crippen molar-refractivity contribution >= 4 is 29.2 Å². The second-order valence-electron chi connectivity index (χ2n) is 6.91. The molecule has 0 atom stereocenters. The molecule has 1 aromatic heterocycles. The maximum absolute atomic E-state index is 13.1. The molecule has 0 radical (unpaired) electrons. The number of hydrogen-bond donors (Lipinski definition) is 1. The molecule has 1 aromatic rings. The Bertz CT molecular complexity index is 780. The topological polar surface area (TPSA) is 74.8 Å². The lowest BCUT2D eigenvalue weighted by molar-refractivity contribution is 0.0476. The van der Waals surface area contributed by atoms with E-state index in [1.54, 1.807) is 10.0 Å². The van der Waals surface area contributed by atoms with Gasteiger partial charge in [-0.2, -0.15) is 0 Å². The number of carbonyl (C=O) groups excluding carboxylic acids is 2. The van der Waals surface area contributed by atoms with Crippen LogP contribution >= 0.6 is 12.2 Å². The van der Waals surface area contributed by atoms with E-state index in [2.05, 4.69) is 16.4 Å². The Morgan fingerprint density at radius 3 is 2.79 bits per heavy atom. The number of methoxy groups -OCH3 is 1. The van der Waals surface area contributed by atoms with Gasteiger partial charge in [0.25, 0.3) is 5.91 Å². The number of nitrogens with zero attached hydrogens (tertiary/aromatic N) is 3. The lowest BCUT2D eigenvalue weighted by Gasteiger charge is -2.30. The van der Waals surface area contributed by atoms with E-state index in [4.69, 9.17) is 17.0 Å². The van der Waals surface area contributed by atoms with Gasteiger partial charge in [-0.3, -0.25) is 14.8 Å². The van der Waals surface area contributed by atoms with Crippen LogP contribution in [0.1, 0.15) is 59.2 Å². The Hall–Kier alpha value is -2.48. The molecule has 0 aromatic carbocycles. The summed E-state index contributed by atoms with van der Waals surface area (Å²) in [6.07, 6.45) is 11.9. The highest BCUT2D eigenvalue weighted by Gasteiger charge is 2.31. The van der Waals surface area contributed by atoms with Crippen molar-refractivity contribution in [3.05, 3.63) is 41.2 Å². The fourth-order valence-corrected chi connectivity index (χ4v) is 3.87. The standard InChI is InChI=1S/C20H26N4O3S/c1-27-19(26)16-9-10-21-14-17(16)18(25)23-12-5-13-24(23)20(28)22-11-8-15-6-3-2-4-7-15/h6,9-10,14H,2-5,7-8,11-13H2,1H3,(H,22,28). The number of nitrogens with one attached hydrogen (secondary N) is 1. The van der Waals surface area contributed by atoms with Crippen molar-refractivity contribution in [2.45, 2.75) is 38.5 Å². The number of carbonyl (C=O) groups is 2. The molecule has 1 aliphatic heterocycles. The molecule has 1 saturated heterocycles. The lowest BCUT2D eigenvalue weighted by Crippen LogP contribution is -2.49. The zero-order valence-corrected chi connectivity index (χ0v) is 17.0. The number of thiocarbonyl (C=S) groups is 1. The van der Waals surface area contributed by atoms with E-state index in [0.29, 0.717) is 18.2 Å². The average Bonchev–Trinajstić information content (AvgIpc) is 3.23. The van der Waals surface area contributed by atoms with Crippen LogP contribution in [0.15, 0.2) is 30.1 Å². The van der Waals surface area contributed by atoms with Gasteiger partial charge in [0.05, 0.1) is 18.2 Å². The third kappa shape index (κ3) is 4.67. The number of pyridine rings is 1. The molecule has 3 rings (SSSR count). The van der Waals surface area contributed by atoms with Gasteiger partial charge in [-0.25, -0.2) is 9.80 Å². The van der Waals surface area contributed by atoms with E-state index in [1.165, 1.54) is 56.8 Å². The van der Waals surface area contributed by atoms with Crippen molar-refractivity contribution in [3.63, 3.8) is 0 Å². The number of ether oxygens (including phenoxy) is 1. The first-order valence-corrected chi connectivity index (χ1v) is 10.1. The van der Waals surface area contributed by atoms with Gasteiger partial charge >= 0.3 is 5.97 Å². The van der Waals surface area contributed by atoms with Crippen molar-refractivity contribution in [2.75, 3.05) is 26.7 Å². The van der Waals surface area contributed by atoms with E-state index in [9.17, 15) is 9.59 Å². The van der Waals surface area contributed by atoms with Crippen LogP contribution in [0, 0.1) is 0 Å². The summed E-state index contributed by atoms with van der Waals surface area (Å²) in [5.74, 6) is -0.858. The van der Waals surface area contributed by atoms with Crippen LogP contribution in [-0.2, 0) is 4.74 Å². The number of amides is 1. The summed E-state index contributed by atoms with van der Waals surface area (Å²) in [6.45, 7) is 1.96. The zero-order valence-electron chi connectivity index (χ0n) is 16.1. The van der Waals surface area contributed by atoms with Gasteiger partial charge < -0.3 is 10.1 Å². The molecule has 1 fully saturated rings. The van der Waals surface area contributed by atoms with Gasteiger partial charge in [0.2, 0.25) is 0 Å². The van der Waals surface area contributed by atoms with Crippen LogP contribution < -0.4 is 5.32 Å². The highest BCUT2D eigenvalue weighted by atomic mass is 32.1. The molecule has 0 unspecified atom stereocenters. The normalized spacial score (nSPS) is 16.5. The highest BCUT2D eigenvalue weighted by Crippen LogP contribution is 2.20. The number of aromatic nitrogens is 1. The molecule has 0 saturated carbocycles. The maximum atomic E-state index is 13.1. The molecule has 2 heterocycles. The van der Waals surface area contributed by atoms with Crippen LogP contribution in [0.2, 0.25) is 0 Å². The van der Waals surface area contributed by atoms with E-state index in [1.807, 2.05) is 0 Å². The monoisotopic (exact) mass is 402 g/mol. The number of hydrogen-bond acceptors (Lipinski definition) is 5. The SMILES string of the molecule is COC(=O)c1ccncc1C(=O)N1CCCN1C(=S)NCCC1=CCCCC1. The first-order chi connectivity index (χ1) is 13.6. The summed E-state index contributed by atoms with van der Waals surface area (Å²) in [6, 6.07) is 1.49. The largest absolute Gasteiger partial charge is 0.465 e. The third-order valence-corrected chi connectivity index (χ3v) is 5.42. The van der Waals surface area contributed by atoms with Crippen molar-refractivity contribution in [1.82, 2.24) is 20.3 Å².